The molecule has 0 heterocycles. The van der Waals surface area contributed by atoms with Gasteiger partial charge in [0.25, 0.3) is 5.91 Å². The first kappa shape index (κ1) is 22.7. The monoisotopic (exact) mass is 449 g/mol. The number of nitrogens with zero attached hydrogens (tertiary/aromatic N) is 1. The van der Waals surface area contributed by atoms with E-state index < -0.39 is 12.6 Å². The van der Waals surface area contributed by atoms with E-state index in [0.717, 1.165) is 11.1 Å². The number of ketones is 1. The van der Waals surface area contributed by atoms with E-state index in [9.17, 15) is 14.4 Å². The Hall–Kier alpha value is -4.51. The molecular formula is C29H23NO4. The zero-order valence-corrected chi connectivity index (χ0v) is 18.7. The van der Waals surface area contributed by atoms with E-state index in [4.69, 9.17) is 4.74 Å². The molecule has 5 nitrogen and oxygen atoms in total. The van der Waals surface area contributed by atoms with Gasteiger partial charge in [0.15, 0.2) is 12.4 Å². The third-order valence-corrected chi connectivity index (χ3v) is 5.47. The summed E-state index contributed by atoms with van der Waals surface area (Å²) in [5.74, 6) is -1.39. The van der Waals surface area contributed by atoms with Gasteiger partial charge in [-0.25, -0.2) is 4.79 Å². The van der Waals surface area contributed by atoms with E-state index in [-0.39, 0.29) is 22.8 Å². The maximum Gasteiger partial charge on any atom is 0.339 e. The Balaban J connectivity index is 1.43. The molecule has 0 aliphatic rings. The van der Waals surface area contributed by atoms with Gasteiger partial charge in [0, 0.05) is 18.3 Å². The molecule has 0 spiro atoms. The Bertz CT molecular complexity index is 1300. The third kappa shape index (κ3) is 5.10. The zero-order chi connectivity index (χ0) is 23.9. The summed E-state index contributed by atoms with van der Waals surface area (Å²) in [6.45, 7) is -0.416. The summed E-state index contributed by atoms with van der Waals surface area (Å²) in [5, 5.41) is 0. The number of hydrogen-bond donors (Lipinski definition) is 0. The Morgan fingerprint density at radius 3 is 1.82 bits per heavy atom. The molecule has 0 N–H and O–H groups in total. The van der Waals surface area contributed by atoms with Crippen LogP contribution in [0.25, 0.3) is 11.1 Å². The first-order chi connectivity index (χ1) is 16.5. The number of amides is 1. The lowest BCUT2D eigenvalue weighted by Crippen LogP contribution is -2.28. The summed E-state index contributed by atoms with van der Waals surface area (Å²) in [7, 11) is 1.64. The van der Waals surface area contributed by atoms with Gasteiger partial charge in [-0.1, -0.05) is 84.9 Å². The van der Waals surface area contributed by atoms with Crippen molar-refractivity contribution in [3.8, 4) is 11.1 Å². The van der Waals surface area contributed by atoms with Crippen LogP contribution < -0.4 is 4.90 Å². The van der Waals surface area contributed by atoms with Crippen LogP contribution in [0, 0.1) is 0 Å². The van der Waals surface area contributed by atoms with Crippen LogP contribution in [0.5, 0.6) is 0 Å². The Morgan fingerprint density at radius 2 is 1.18 bits per heavy atom. The van der Waals surface area contributed by atoms with Crippen molar-refractivity contribution in [2.24, 2.45) is 0 Å². The average molecular weight is 450 g/mol. The Morgan fingerprint density at radius 1 is 0.647 bits per heavy atom. The topological polar surface area (TPSA) is 63.7 Å². The van der Waals surface area contributed by atoms with Gasteiger partial charge in [-0.15, -0.1) is 0 Å². The van der Waals surface area contributed by atoms with Crippen LogP contribution in [0.2, 0.25) is 0 Å². The van der Waals surface area contributed by atoms with Gasteiger partial charge in [0.1, 0.15) is 0 Å². The number of hydrogen-bond acceptors (Lipinski definition) is 4. The van der Waals surface area contributed by atoms with Crippen LogP contribution >= 0.6 is 0 Å². The minimum Gasteiger partial charge on any atom is -0.454 e. The normalized spacial score (nSPS) is 10.4. The van der Waals surface area contributed by atoms with Gasteiger partial charge in [-0.2, -0.15) is 0 Å². The van der Waals surface area contributed by atoms with Gasteiger partial charge in [0.05, 0.1) is 11.1 Å². The van der Waals surface area contributed by atoms with E-state index in [1.165, 1.54) is 11.0 Å². The van der Waals surface area contributed by atoms with Crippen molar-refractivity contribution in [2.75, 3.05) is 18.6 Å². The fraction of sp³-hybridized carbons (Fsp3) is 0.0690. The largest absolute Gasteiger partial charge is 0.454 e. The quantitative estimate of drug-likeness (QED) is 0.269. The summed E-state index contributed by atoms with van der Waals surface area (Å²) in [4.78, 5) is 39.8. The molecular weight excluding hydrogens is 426 g/mol. The second-order valence-electron chi connectivity index (χ2n) is 7.69. The second kappa shape index (κ2) is 10.4. The number of rotatable bonds is 7. The van der Waals surface area contributed by atoms with Gasteiger partial charge in [-0.05, 0) is 35.4 Å². The second-order valence-corrected chi connectivity index (χ2v) is 7.69. The number of anilines is 1. The van der Waals surface area contributed by atoms with Crippen LogP contribution in [0.1, 0.15) is 31.1 Å². The molecule has 4 aromatic rings. The van der Waals surface area contributed by atoms with Crippen molar-refractivity contribution in [3.63, 3.8) is 0 Å². The van der Waals surface area contributed by atoms with Gasteiger partial charge in [-0.3, -0.25) is 9.59 Å². The predicted molar refractivity (Wildman–Crippen MR) is 132 cm³/mol. The van der Waals surface area contributed by atoms with Crippen molar-refractivity contribution in [1.29, 1.82) is 0 Å². The molecule has 34 heavy (non-hydrogen) atoms. The predicted octanol–water partition coefficient (Wildman–Crippen LogP) is 5.67. The summed E-state index contributed by atoms with van der Waals surface area (Å²) < 4.78 is 5.28. The van der Waals surface area contributed by atoms with Crippen LogP contribution in [-0.2, 0) is 4.74 Å². The molecule has 1 amide bonds. The lowest BCUT2D eigenvalue weighted by atomic mass is 10.0. The number of carbonyl (C=O) groups excluding carboxylic acids is 3. The van der Waals surface area contributed by atoms with Crippen molar-refractivity contribution >= 4 is 23.3 Å². The highest BCUT2D eigenvalue weighted by Crippen LogP contribution is 2.20. The van der Waals surface area contributed by atoms with E-state index in [1.807, 2.05) is 60.7 Å². The SMILES string of the molecule is CN(C(=O)c1ccccc1C(=O)OCC(=O)c1ccc(-c2ccccc2)cc1)c1ccccc1. The minimum absolute atomic E-state index is 0.113. The smallest absolute Gasteiger partial charge is 0.339 e. The molecule has 0 bridgehead atoms. The van der Waals surface area contributed by atoms with Gasteiger partial charge < -0.3 is 9.64 Å². The molecule has 0 saturated heterocycles. The van der Waals surface area contributed by atoms with E-state index in [1.54, 1.807) is 49.5 Å². The van der Waals surface area contributed by atoms with Crippen molar-refractivity contribution in [2.45, 2.75) is 0 Å². The highest BCUT2D eigenvalue weighted by molar-refractivity contribution is 6.12. The highest BCUT2D eigenvalue weighted by atomic mass is 16.5. The number of para-hydroxylation sites is 1. The van der Waals surface area contributed by atoms with Crippen LogP contribution in [0.3, 0.4) is 0 Å². The number of Topliss-reactive ketones (excluding diaryl/α,β-unsaturated/α-hetero) is 1. The highest BCUT2D eigenvalue weighted by Gasteiger charge is 2.22. The number of carbonyl (C=O) groups is 3. The van der Waals surface area contributed by atoms with Crippen LogP contribution in [-0.4, -0.2) is 31.3 Å². The number of esters is 1. The fourth-order valence-electron chi connectivity index (χ4n) is 3.57. The Kier molecular flexibility index (Phi) is 6.94. The average Bonchev–Trinajstić information content (AvgIpc) is 2.91. The summed E-state index contributed by atoms with van der Waals surface area (Å²) in [6, 6.07) is 32.5. The van der Waals surface area contributed by atoms with Crippen LogP contribution in [0.4, 0.5) is 5.69 Å². The molecule has 5 heteroatoms. The zero-order valence-electron chi connectivity index (χ0n) is 18.7. The third-order valence-electron chi connectivity index (χ3n) is 5.47. The van der Waals surface area contributed by atoms with Crippen molar-refractivity contribution in [3.05, 3.63) is 126 Å². The molecule has 0 saturated carbocycles. The van der Waals surface area contributed by atoms with Crippen molar-refractivity contribution in [1.82, 2.24) is 0 Å². The lowest BCUT2D eigenvalue weighted by Gasteiger charge is -2.18. The Labute approximate surface area is 198 Å². The molecule has 0 aliphatic heterocycles. The molecule has 0 atom stereocenters. The summed E-state index contributed by atoms with van der Waals surface area (Å²) >= 11 is 0. The molecule has 0 fully saturated rings. The fourth-order valence-corrected chi connectivity index (χ4v) is 3.57. The minimum atomic E-state index is -0.723. The number of benzene rings is 4. The lowest BCUT2D eigenvalue weighted by molar-refractivity contribution is 0.0472. The van der Waals surface area contributed by atoms with Crippen molar-refractivity contribution < 1.29 is 19.1 Å². The van der Waals surface area contributed by atoms with E-state index in [0.29, 0.717) is 11.3 Å². The molecule has 0 aliphatic carbocycles. The molecule has 4 aromatic carbocycles. The maximum absolute atomic E-state index is 13.0. The van der Waals surface area contributed by atoms with E-state index >= 15 is 0 Å². The first-order valence-corrected chi connectivity index (χ1v) is 10.8. The van der Waals surface area contributed by atoms with Crippen LogP contribution in [0.15, 0.2) is 109 Å². The molecule has 0 radical (unpaired) electrons. The standard InChI is InChI=1S/C29H23NO4/c1-30(24-12-6-3-7-13-24)28(32)25-14-8-9-15-26(25)29(33)34-20-27(31)23-18-16-22(17-19-23)21-10-4-2-5-11-21/h2-19H,20H2,1H3. The molecule has 0 unspecified atom stereocenters. The molecule has 168 valence electrons. The van der Waals surface area contributed by atoms with Gasteiger partial charge >= 0.3 is 5.97 Å². The van der Waals surface area contributed by atoms with E-state index in [2.05, 4.69) is 0 Å². The first-order valence-electron chi connectivity index (χ1n) is 10.8. The van der Waals surface area contributed by atoms with Gasteiger partial charge in [0.2, 0.25) is 0 Å². The molecule has 4 rings (SSSR count). The molecule has 0 aromatic heterocycles. The number of ether oxygens (including phenoxy) is 1. The maximum atomic E-state index is 13.0. The summed E-state index contributed by atoms with van der Waals surface area (Å²) in [6.07, 6.45) is 0. The summed E-state index contributed by atoms with van der Waals surface area (Å²) in [5.41, 5.74) is 3.50.